The molecule has 1 aromatic rings. The number of nitriles is 1. The van der Waals surface area contributed by atoms with Crippen LogP contribution in [0.2, 0.25) is 0 Å². The van der Waals surface area contributed by atoms with Gasteiger partial charge in [0.25, 0.3) is 0 Å². The first-order chi connectivity index (χ1) is 8.07. The molecule has 0 spiro atoms. The van der Waals surface area contributed by atoms with Crippen molar-refractivity contribution in [1.82, 2.24) is 0 Å². The minimum Gasteiger partial charge on any atom is -0.324 e. The molecule has 1 aromatic carbocycles. The highest BCUT2D eigenvalue weighted by molar-refractivity contribution is 5.98. The van der Waals surface area contributed by atoms with Gasteiger partial charge < -0.3 is 5.32 Å². The van der Waals surface area contributed by atoms with Crippen molar-refractivity contribution in [2.45, 2.75) is 33.1 Å². The maximum absolute atomic E-state index is 12.1. The summed E-state index contributed by atoms with van der Waals surface area (Å²) in [6, 6.07) is 8.03. The summed E-state index contributed by atoms with van der Waals surface area (Å²) in [5.74, 6) is -0.154. The SMILES string of the molecule is Cc1ccc(NC(=O)C2(C#N)CCC2)c(C)c1. The van der Waals surface area contributed by atoms with Gasteiger partial charge in [-0.1, -0.05) is 17.7 Å². The van der Waals surface area contributed by atoms with Gasteiger partial charge in [-0.25, -0.2) is 0 Å². The number of benzene rings is 1. The molecule has 1 aliphatic carbocycles. The number of carbonyl (C=O) groups excluding carboxylic acids is 1. The van der Waals surface area contributed by atoms with Crippen molar-refractivity contribution in [2.75, 3.05) is 5.32 Å². The molecule has 2 rings (SSSR count). The van der Waals surface area contributed by atoms with Crippen LogP contribution in [0.25, 0.3) is 0 Å². The minimum absolute atomic E-state index is 0.154. The van der Waals surface area contributed by atoms with E-state index in [1.807, 2.05) is 32.0 Å². The predicted molar refractivity (Wildman–Crippen MR) is 66.4 cm³/mol. The summed E-state index contributed by atoms with van der Waals surface area (Å²) < 4.78 is 0. The topological polar surface area (TPSA) is 52.9 Å². The Morgan fingerprint density at radius 2 is 2.12 bits per heavy atom. The number of rotatable bonds is 2. The Morgan fingerprint density at radius 1 is 1.41 bits per heavy atom. The Balaban J connectivity index is 2.16. The number of hydrogen-bond donors (Lipinski definition) is 1. The standard InChI is InChI=1S/C14H16N2O/c1-10-4-5-12(11(2)8-10)16-13(17)14(9-15)6-3-7-14/h4-5,8H,3,6-7H2,1-2H3,(H,16,17). The summed E-state index contributed by atoms with van der Waals surface area (Å²) in [4.78, 5) is 12.1. The van der Waals surface area contributed by atoms with E-state index in [0.29, 0.717) is 12.8 Å². The van der Waals surface area contributed by atoms with E-state index in [-0.39, 0.29) is 5.91 Å². The van der Waals surface area contributed by atoms with E-state index in [4.69, 9.17) is 5.26 Å². The smallest absolute Gasteiger partial charge is 0.244 e. The third kappa shape index (κ3) is 2.03. The molecular weight excluding hydrogens is 212 g/mol. The second-order valence-corrected chi connectivity index (χ2v) is 4.82. The zero-order chi connectivity index (χ0) is 12.5. The fourth-order valence-corrected chi connectivity index (χ4v) is 2.12. The molecule has 17 heavy (non-hydrogen) atoms. The Labute approximate surface area is 101 Å². The van der Waals surface area contributed by atoms with Gasteiger partial charge in [-0.2, -0.15) is 5.26 Å². The molecule has 1 aliphatic rings. The molecule has 0 unspecified atom stereocenters. The molecule has 0 aliphatic heterocycles. The highest BCUT2D eigenvalue weighted by Crippen LogP contribution is 2.41. The van der Waals surface area contributed by atoms with Crippen LogP contribution in [0.4, 0.5) is 5.69 Å². The Morgan fingerprint density at radius 3 is 2.59 bits per heavy atom. The van der Waals surface area contributed by atoms with Crippen molar-refractivity contribution in [3.63, 3.8) is 0 Å². The average Bonchev–Trinajstić information content (AvgIpc) is 2.21. The molecule has 1 fully saturated rings. The van der Waals surface area contributed by atoms with E-state index in [1.165, 1.54) is 5.56 Å². The summed E-state index contributed by atoms with van der Waals surface area (Å²) >= 11 is 0. The summed E-state index contributed by atoms with van der Waals surface area (Å²) in [7, 11) is 0. The molecule has 0 heterocycles. The largest absolute Gasteiger partial charge is 0.324 e. The number of hydrogen-bond acceptors (Lipinski definition) is 2. The molecule has 0 atom stereocenters. The Hall–Kier alpha value is -1.82. The Bertz CT molecular complexity index is 495. The third-order valence-corrected chi connectivity index (χ3v) is 3.49. The van der Waals surface area contributed by atoms with Crippen molar-refractivity contribution in [2.24, 2.45) is 5.41 Å². The van der Waals surface area contributed by atoms with Crippen LogP contribution >= 0.6 is 0 Å². The maximum atomic E-state index is 12.1. The van der Waals surface area contributed by atoms with E-state index in [0.717, 1.165) is 17.7 Å². The fourth-order valence-electron chi connectivity index (χ4n) is 2.12. The molecule has 0 aromatic heterocycles. The number of nitrogens with one attached hydrogen (secondary N) is 1. The van der Waals surface area contributed by atoms with E-state index < -0.39 is 5.41 Å². The zero-order valence-corrected chi connectivity index (χ0v) is 10.2. The quantitative estimate of drug-likeness (QED) is 0.846. The lowest BCUT2D eigenvalue weighted by molar-refractivity contribution is -0.126. The molecule has 0 radical (unpaired) electrons. The molecule has 1 amide bonds. The first-order valence-electron chi connectivity index (χ1n) is 5.87. The second kappa shape index (κ2) is 4.21. The minimum atomic E-state index is -0.780. The normalized spacial score (nSPS) is 16.8. The van der Waals surface area contributed by atoms with Crippen molar-refractivity contribution in [3.05, 3.63) is 29.3 Å². The van der Waals surface area contributed by atoms with Gasteiger partial charge in [-0.15, -0.1) is 0 Å². The van der Waals surface area contributed by atoms with Gasteiger partial charge >= 0.3 is 0 Å². The number of aryl methyl sites for hydroxylation is 2. The van der Waals surface area contributed by atoms with Crippen LogP contribution in [0.1, 0.15) is 30.4 Å². The monoisotopic (exact) mass is 228 g/mol. The third-order valence-electron chi connectivity index (χ3n) is 3.49. The van der Waals surface area contributed by atoms with Crippen LogP contribution in [0.5, 0.6) is 0 Å². The van der Waals surface area contributed by atoms with Crippen molar-refractivity contribution < 1.29 is 4.79 Å². The molecule has 0 saturated heterocycles. The number of nitrogens with zero attached hydrogens (tertiary/aromatic N) is 1. The van der Waals surface area contributed by atoms with Gasteiger partial charge in [0.05, 0.1) is 6.07 Å². The van der Waals surface area contributed by atoms with Crippen molar-refractivity contribution >= 4 is 11.6 Å². The summed E-state index contributed by atoms with van der Waals surface area (Å²) in [6.45, 7) is 3.98. The summed E-state index contributed by atoms with van der Waals surface area (Å²) in [6.07, 6.45) is 2.33. The van der Waals surface area contributed by atoms with E-state index in [2.05, 4.69) is 11.4 Å². The summed E-state index contributed by atoms with van der Waals surface area (Å²) in [5, 5.41) is 12.0. The lowest BCUT2D eigenvalue weighted by Gasteiger charge is -2.33. The number of amides is 1. The van der Waals surface area contributed by atoms with Crippen molar-refractivity contribution in [1.29, 1.82) is 5.26 Å². The second-order valence-electron chi connectivity index (χ2n) is 4.82. The molecule has 1 N–H and O–H groups in total. The van der Waals surface area contributed by atoms with Crippen LogP contribution in [0.15, 0.2) is 18.2 Å². The molecule has 0 bridgehead atoms. The van der Waals surface area contributed by atoms with Gasteiger partial charge in [0.1, 0.15) is 5.41 Å². The Kier molecular flexibility index (Phi) is 2.89. The first kappa shape index (κ1) is 11.7. The van der Waals surface area contributed by atoms with Crippen LogP contribution in [-0.4, -0.2) is 5.91 Å². The first-order valence-corrected chi connectivity index (χ1v) is 5.87. The van der Waals surface area contributed by atoms with Gasteiger partial charge in [0, 0.05) is 5.69 Å². The van der Waals surface area contributed by atoms with E-state index >= 15 is 0 Å². The maximum Gasteiger partial charge on any atom is 0.244 e. The summed E-state index contributed by atoms with van der Waals surface area (Å²) in [5.41, 5.74) is 2.23. The number of carbonyl (C=O) groups is 1. The highest BCUT2D eigenvalue weighted by Gasteiger charge is 2.44. The van der Waals surface area contributed by atoms with Crippen LogP contribution in [0.3, 0.4) is 0 Å². The molecule has 88 valence electrons. The van der Waals surface area contributed by atoms with Crippen LogP contribution < -0.4 is 5.32 Å². The van der Waals surface area contributed by atoms with E-state index in [1.54, 1.807) is 0 Å². The average molecular weight is 228 g/mol. The predicted octanol–water partition coefficient (Wildman–Crippen LogP) is 2.94. The zero-order valence-electron chi connectivity index (χ0n) is 10.2. The molecule has 3 heteroatoms. The van der Waals surface area contributed by atoms with E-state index in [9.17, 15) is 4.79 Å². The van der Waals surface area contributed by atoms with Crippen molar-refractivity contribution in [3.8, 4) is 6.07 Å². The van der Waals surface area contributed by atoms with Gasteiger partial charge in [0.2, 0.25) is 5.91 Å². The fraction of sp³-hybridized carbons (Fsp3) is 0.429. The van der Waals surface area contributed by atoms with Crippen LogP contribution in [0, 0.1) is 30.6 Å². The van der Waals surface area contributed by atoms with Crippen LogP contribution in [-0.2, 0) is 4.79 Å². The molecule has 3 nitrogen and oxygen atoms in total. The van der Waals surface area contributed by atoms with Gasteiger partial charge in [-0.3, -0.25) is 4.79 Å². The van der Waals surface area contributed by atoms with Gasteiger partial charge in [-0.05, 0) is 44.7 Å². The molecule has 1 saturated carbocycles. The molecular formula is C14H16N2O. The highest BCUT2D eigenvalue weighted by atomic mass is 16.2. The number of anilines is 1. The lowest BCUT2D eigenvalue weighted by atomic mass is 9.69. The van der Waals surface area contributed by atoms with Gasteiger partial charge in [0.15, 0.2) is 0 Å². The lowest BCUT2D eigenvalue weighted by Crippen LogP contribution is -2.40.